The van der Waals surface area contributed by atoms with E-state index in [2.05, 4.69) is 15.2 Å². The number of aromatic hydroxyl groups is 1. The zero-order valence-electron chi connectivity index (χ0n) is 14.0. The molecule has 0 bridgehead atoms. The van der Waals surface area contributed by atoms with Crippen LogP contribution in [0.3, 0.4) is 0 Å². The number of phenols is 1. The SMILES string of the molecule is O=C(NCCc1cccc(O)c1)C1CCN(c2ccc(Cl)cn2)CC1. The topological polar surface area (TPSA) is 65.5 Å². The van der Waals surface area contributed by atoms with Crippen LogP contribution in [0.25, 0.3) is 0 Å². The van der Waals surface area contributed by atoms with Crippen molar-refractivity contribution in [2.45, 2.75) is 19.3 Å². The molecule has 6 heteroatoms. The van der Waals surface area contributed by atoms with Crippen LogP contribution < -0.4 is 10.2 Å². The zero-order chi connectivity index (χ0) is 17.6. The van der Waals surface area contributed by atoms with E-state index in [0.29, 0.717) is 18.0 Å². The molecule has 0 unspecified atom stereocenters. The minimum absolute atomic E-state index is 0.0488. The van der Waals surface area contributed by atoms with Gasteiger partial charge in [0.2, 0.25) is 5.91 Å². The van der Waals surface area contributed by atoms with Gasteiger partial charge in [0.1, 0.15) is 11.6 Å². The van der Waals surface area contributed by atoms with Crippen molar-refractivity contribution in [3.8, 4) is 5.75 Å². The predicted octanol–water partition coefficient (Wildman–Crippen LogP) is 3.02. The second-order valence-electron chi connectivity index (χ2n) is 6.31. The number of halogens is 1. The van der Waals surface area contributed by atoms with Gasteiger partial charge in [-0.3, -0.25) is 4.79 Å². The molecule has 1 fully saturated rings. The third-order valence-corrected chi connectivity index (χ3v) is 4.75. The van der Waals surface area contributed by atoms with Gasteiger partial charge in [0.05, 0.1) is 5.02 Å². The Kier molecular flexibility index (Phi) is 5.76. The highest BCUT2D eigenvalue weighted by Gasteiger charge is 2.25. The Morgan fingerprint density at radius 2 is 2.08 bits per heavy atom. The number of hydrogen-bond acceptors (Lipinski definition) is 4. The third-order valence-electron chi connectivity index (χ3n) is 4.52. The van der Waals surface area contributed by atoms with E-state index in [4.69, 9.17) is 11.6 Å². The van der Waals surface area contributed by atoms with Gasteiger partial charge in [0, 0.05) is 31.7 Å². The van der Waals surface area contributed by atoms with Crippen molar-refractivity contribution in [2.75, 3.05) is 24.5 Å². The molecule has 2 N–H and O–H groups in total. The van der Waals surface area contributed by atoms with Crippen molar-refractivity contribution in [2.24, 2.45) is 5.92 Å². The van der Waals surface area contributed by atoms with Crippen LogP contribution in [0.1, 0.15) is 18.4 Å². The average molecular weight is 360 g/mol. The molecule has 3 rings (SSSR count). The minimum Gasteiger partial charge on any atom is -0.508 e. The Morgan fingerprint density at radius 3 is 2.76 bits per heavy atom. The van der Waals surface area contributed by atoms with Gasteiger partial charge in [0.25, 0.3) is 0 Å². The number of hydrogen-bond donors (Lipinski definition) is 2. The van der Waals surface area contributed by atoms with E-state index in [1.807, 2.05) is 24.3 Å². The molecule has 25 heavy (non-hydrogen) atoms. The molecule has 2 aromatic rings. The van der Waals surface area contributed by atoms with Crippen LogP contribution in [-0.2, 0) is 11.2 Å². The summed E-state index contributed by atoms with van der Waals surface area (Å²) in [4.78, 5) is 18.9. The van der Waals surface area contributed by atoms with Gasteiger partial charge in [0.15, 0.2) is 0 Å². The maximum atomic E-state index is 12.3. The van der Waals surface area contributed by atoms with E-state index in [0.717, 1.165) is 37.3 Å². The first kappa shape index (κ1) is 17.5. The van der Waals surface area contributed by atoms with E-state index in [1.54, 1.807) is 18.3 Å². The standard InChI is InChI=1S/C19H22ClN3O2/c20-16-4-5-18(22-13-16)23-10-7-15(8-11-23)19(25)21-9-6-14-2-1-3-17(24)12-14/h1-5,12-13,15,24H,6-11H2,(H,21,25). The molecule has 0 atom stereocenters. The summed E-state index contributed by atoms with van der Waals surface area (Å²) in [6.45, 7) is 2.22. The fraction of sp³-hybridized carbons (Fsp3) is 0.368. The van der Waals surface area contributed by atoms with Gasteiger partial charge in [-0.25, -0.2) is 4.98 Å². The van der Waals surface area contributed by atoms with Crippen molar-refractivity contribution >= 4 is 23.3 Å². The monoisotopic (exact) mass is 359 g/mol. The normalized spacial score (nSPS) is 15.2. The molecule has 1 saturated heterocycles. The van der Waals surface area contributed by atoms with Crippen molar-refractivity contribution in [3.63, 3.8) is 0 Å². The lowest BCUT2D eigenvalue weighted by molar-refractivity contribution is -0.125. The molecule has 0 saturated carbocycles. The van der Waals surface area contributed by atoms with E-state index in [1.165, 1.54) is 0 Å². The first-order chi connectivity index (χ1) is 12.1. The van der Waals surface area contributed by atoms with Crippen LogP contribution >= 0.6 is 11.6 Å². The number of rotatable bonds is 5. The Hall–Kier alpha value is -2.27. The van der Waals surface area contributed by atoms with Gasteiger partial charge < -0.3 is 15.3 Å². The van der Waals surface area contributed by atoms with Gasteiger partial charge >= 0.3 is 0 Å². The number of nitrogens with one attached hydrogen (secondary N) is 1. The summed E-state index contributed by atoms with van der Waals surface area (Å²) in [5, 5.41) is 13.1. The summed E-state index contributed by atoms with van der Waals surface area (Å²) in [5.41, 5.74) is 1.02. The van der Waals surface area contributed by atoms with E-state index >= 15 is 0 Å². The first-order valence-corrected chi connectivity index (χ1v) is 8.92. The predicted molar refractivity (Wildman–Crippen MR) is 99.0 cm³/mol. The highest BCUT2D eigenvalue weighted by atomic mass is 35.5. The Balaban J connectivity index is 1.43. The number of nitrogens with zero attached hydrogens (tertiary/aromatic N) is 2. The van der Waals surface area contributed by atoms with Crippen LogP contribution in [0.2, 0.25) is 5.02 Å². The molecule has 2 heterocycles. The molecule has 0 spiro atoms. The van der Waals surface area contributed by atoms with Crippen LogP contribution in [-0.4, -0.2) is 35.6 Å². The van der Waals surface area contributed by atoms with Gasteiger partial charge in [-0.2, -0.15) is 0 Å². The highest BCUT2D eigenvalue weighted by molar-refractivity contribution is 6.30. The molecule has 1 aromatic heterocycles. The van der Waals surface area contributed by atoms with Crippen LogP contribution in [0, 0.1) is 5.92 Å². The van der Waals surface area contributed by atoms with Crippen LogP contribution in [0.15, 0.2) is 42.6 Å². The van der Waals surface area contributed by atoms with Crippen molar-refractivity contribution < 1.29 is 9.90 Å². The number of amides is 1. The maximum Gasteiger partial charge on any atom is 0.223 e. The number of benzene rings is 1. The molecule has 1 aliphatic rings. The molecular formula is C19H22ClN3O2. The highest BCUT2D eigenvalue weighted by Crippen LogP contribution is 2.22. The number of aromatic nitrogens is 1. The Labute approximate surface area is 152 Å². The Morgan fingerprint density at radius 1 is 1.28 bits per heavy atom. The second-order valence-corrected chi connectivity index (χ2v) is 6.74. The summed E-state index contributed by atoms with van der Waals surface area (Å²) < 4.78 is 0. The van der Waals surface area contributed by atoms with Crippen LogP contribution in [0.4, 0.5) is 5.82 Å². The van der Waals surface area contributed by atoms with Crippen molar-refractivity contribution in [3.05, 3.63) is 53.2 Å². The number of carbonyl (C=O) groups excluding carboxylic acids is 1. The number of phenolic OH excluding ortho intramolecular Hbond substituents is 1. The first-order valence-electron chi connectivity index (χ1n) is 8.54. The van der Waals surface area contributed by atoms with Gasteiger partial charge in [-0.05, 0) is 49.1 Å². The molecule has 5 nitrogen and oxygen atoms in total. The fourth-order valence-electron chi connectivity index (χ4n) is 3.11. The second kappa shape index (κ2) is 8.21. The lowest BCUT2D eigenvalue weighted by atomic mass is 9.96. The number of anilines is 1. The van der Waals surface area contributed by atoms with Crippen molar-refractivity contribution in [1.82, 2.24) is 10.3 Å². The molecule has 1 aliphatic heterocycles. The van der Waals surface area contributed by atoms with Gasteiger partial charge in [-0.15, -0.1) is 0 Å². The van der Waals surface area contributed by atoms with E-state index < -0.39 is 0 Å². The number of carbonyl (C=O) groups is 1. The van der Waals surface area contributed by atoms with E-state index in [-0.39, 0.29) is 17.6 Å². The molecule has 0 aliphatic carbocycles. The lowest BCUT2D eigenvalue weighted by Crippen LogP contribution is -2.41. The molecular weight excluding hydrogens is 338 g/mol. The largest absolute Gasteiger partial charge is 0.508 e. The maximum absolute atomic E-state index is 12.3. The smallest absolute Gasteiger partial charge is 0.223 e. The molecule has 132 valence electrons. The summed E-state index contributed by atoms with van der Waals surface area (Å²) >= 11 is 5.87. The minimum atomic E-state index is 0.0488. The van der Waals surface area contributed by atoms with Crippen LogP contribution in [0.5, 0.6) is 5.75 Å². The lowest BCUT2D eigenvalue weighted by Gasteiger charge is -2.32. The Bertz CT molecular complexity index is 713. The number of pyridine rings is 1. The van der Waals surface area contributed by atoms with Gasteiger partial charge in [-0.1, -0.05) is 23.7 Å². The quantitative estimate of drug-likeness (QED) is 0.861. The molecule has 0 radical (unpaired) electrons. The fourth-order valence-corrected chi connectivity index (χ4v) is 3.22. The number of piperidine rings is 1. The third kappa shape index (κ3) is 4.86. The van der Waals surface area contributed by atoms with E-state index in [9.17, 15) is 9.90 Å². The molecule has 1 aromatic carbocycles. The summed E-state index contributed by atoms with van der Waals surface area (Å²) in [6, 6.07) is 10.9. The zero-order valence-corrected chi connectivity index (χ0v) is 14.7. The van der Waals surface area contributed by atoms with Crippen molar-refractivity contribution in [1.29, 1.82) is 0 Å². The summed E-state index contributed by atoms with van der Waals surface area (Å²) in [7, 11) is 0. The average Bonchev–Trinajstić information content (AvgIpc) is 2.62. The summed E-state index contributed by atoms with van der Waals surface area (Å²) in [5.74, 6) is 1.33. The summed E-state index contributed by atoms with van der Waals surface area (Å²) in [6.07, 6.45) is 4.01. The molecule has 1 amide bonds.